The maximum atomic E-state index is 13.6. The Morgan fingerprint density at radius 3 is 2.45 bits per heavy atom. The molecular formula is C38H42N4O5. The van der Waals surface area contributed by atoms with Gasteiger partial charge in [-0.15, -0.1) is 0 Å². The van der Waals surface area contributed by atoms with E-state index in [1.165, 1.54) is 12.7 Å². The number of methoxy groups -OCH3 is 1. The number of benzene rings is 4. The van der Waals surface area contributed by atoms with Crippen molar-refractivity contribution in [1.82, 2.24) is 4.90 Å². The quantitative estimate of drug-likeness (QED) is 0.189. The number of nitrogens with zero attached hydrogens (tertiary/aromatic N) is 2. The number of anilines is 2. The van der Waals surface area contributed by atoms with Crippen LogP contribution in [0.25, 0.3) is 11.1 Å². The molecule has 0 radical (unpaired) electrons. The van der Waals surface area contributed by atoms with Gasteiger partial charge in [0.05, 0.1) is 18.5 Å². The number of nitrogens with one attached hydrogen (secondary N) is 1. The van der Waals surface area contributed by atoms with Crippen molar-refractivity contribution in [3.63, 3.8) is 0 Å². The molecule has 0 aromatic heterocycles. The lowest BCUT2D eigenvalue weighted by Gasteiger charge is -2.35. The van der Waals surface area contributed by atoms with Crippen LogP contribution in [0, 0.1) is 5.92 Å². The molecule has 3 N–H and O–H groups in total. The molecule has 0 saturated carbocycles. The number of carbonyl (C=O) groups is 2. The maximum absolute atomic E-state index is 13.6. The van der Waals surface area contributed by atoms with Crippen LogP contribution < -0.4 is 25.4 Å². The first-order chi connectivity index (χ1) is 23.0. The second-order valence-corrected chi connectivity index (χ2v) is 12.1. The molecule has 47 heavy (non-hydrogen) atoms. The van der Waals surface area contributed by atoms with Crippen molar-refractivity contribution in [3.8, 4) is 22.6 Å². The number of carbonyl (C=O) groups excluding carboxylic acids is 2. The summed E-state index contributed by atoms with van der Waals surface area (Å²) < 4.78 is 15.9. The van der Waals surface area contributed by atoms with Crippen LogP contribution in [-0.4, -0.2) is 57.0 Å². The minimum Gasteiger partial charge on any atom is -0.454 e. The van der Waals surface area contributed by atoms with Crippen molar-refractivity contribution in [2.75, 3.05) is 50.3 Å². The van der Waals surface area contributed by atoms with E-state index in [2.05, 4.69) is 58.7 Å². The van der Waals surface area contributed by atoms with E-state index >= 15 is 0 Å². The first kappa shape index (κ1) is 31.9. The highest BCUT2D eigenvalue weighted by Crippen LogP contribution is 2.36. The average Bonchev–Trinajstić information content (AvgIpc) is 3.59. The van der Waals surface area contributed by atoms with Gasteiger partial charge in [-0.1, -0.05) is 54.6 Å². The Labute approximate surface area is 276 Å². The molecule has 4 aromatic rings. The Hall–Kier alpha value is -5.02. The Bertz CT molecular complexity index is 1690. The molecular weight excluding hydrogens is 592 g/mol. The minimum absolute atomic E-state index is 0.0939. The first-order valence-electron chi connectivity index (χ1n) is 16.3. The number of nitrogens with two attached hydrogens (primary N) is 1. The maximum Gasteiger partial charge on any atom is 0.411 e. The summed E-state index contributed by atoms with van der Waals surface area (Å²) in [6, 6.07) is 30.3. The molecule has 244 valence electrons. The van der Waals surface area contributed by atoms with Gasteiger partial charge in [-0.3, -0.25) is 10.1 Å². The van der Waals surface area contributed by atoms with Crippen LogP contribution in [0.4, 0.5) is 16.2 Å². The third-order valence-electron chi connectivity index (χ3n) is 8.91. The van der Waals surface area contributed by atoms with E-state index in [1.807, 2.05) is 29.2 Å². The van der Waals surface area contributed by atoms with Gasteiger partial charge in [0.25, 0.3) is 5.91 Å². The zero-order valence-corrected chi connectivity index (χ0v) is 26.8. The van der Waals surface area contributed by atoms with Gasteiger partial charge in [0.1, 0.15) is 0 Å². The third-order valence-corrected chi connectivity index (χ3v) is 8.91. The van der Waals surface area contributed by atoms with Gasteiger partial charge >= 0.3 is 6.09 Å². The van der Waals surface area contributed by atoms with Crippen LogP contribution in [0.5, 0.6) is 11.5 Å². The van der Waals surface area contributed by atoms with Gasteiger partial charge in [-0.25, -0.2) is 4.79 Å². The molecule has 9 nitrogen and oxygen atoms in total. The van der Waals surface area contributed by atoms with Gasteiger partial charge in [0.2, 0.25) is 6.79 Å². The molecule has 1 fully saturated rings. The Morgan fingerprint density at radius 2 is 1.66 bits per heavy atom. The van der Waals surface area contributed by atoms with Crippen molar-refractivity contribution in [2.45, 2.75) is 32.2 Å². The number of piperidine rings is 1. The molecule has 1 saturated heterocycles. The zero-order valence-electron chi connectivity index (χ0n) is 26.8. The van der Waals surface area contributed by atoms with E-state index in [4.69, 9.17) is 19.9 Å². The van der Waals surface area contributed by atoms with Crippen molar-refractivity contribution < 1.29 is 23.8 Å². The highest BCUT2D eigenvalue weighted by Gasteiger charge is 2.24. The van der Waals surface area contributed by atoms with E-state index < -0.39 is 6.09 Å². The second kappa shape index (κ2) is 15.0. The lowest BCUT2D eigenvalue weighted by atomic mass is 9.90. The largest absolute Gasteiger partial charge is 0.454 e. The molecule has 2 aliphatic rings. The highest BCUT2D eigenvalue weighted by molar-refractivity contribution is 5.95. The summed E-state index contributed by atoms with van der Waals surface area (Å²) in [5.41, 5.74) is 12.4. The topological polar surface area (TPSA) is 106 Å². The standard InChI is InChI=1S/C38H42N4O5/c1-45-38(44)40-33-23-31(11-13-34(33)41-19-15-28(16-20-41)21-27-7-3-2-4-8-27)30-10-5-9-29(22-30)25-42(18-6-17-39)37(43)32-12-14-35-36(24-32)47-26-46-35/h2-5,7-14,22-24,28H,6,15-21,25-26,39H2,1H3,(H,40,44). The summed E-state index contributed by atoms with van der Waals surface area (Å²) in [4.78, 5) is 30.2. The minimum atomic E-state index is -0.506. The van der Waals surface area contributed by atoms with Crippen LogP contribution >= 0.6 is 0 Å². The summed E-state index contributed by atoms with van der Waals surface area (Å²) in [6.07, 6.45) is 3.44. The normalized spacial score (nSPS) is 14.1. The molecule has 2 aliphatic heterocycles. The Morgan fingerprint density at radius 1 is 0.894 bits per heavy atom. The third kappa shape index (κ3) is 7.86. The average molecular weight is 635 g/mol. The number of fused-ring (bicyclic) bond motifs is 1. The predicted molar refractivity (Wildman–Crippen MR) is 184 cm³/mol. The molecule has 0 bridgehead atoms. The highest BCUT2D eigenvalue weighted by atomic mass is 16.7. The first-order valence-corrected chi connectivity index (χ1v) is 16.3. The van der Waals surface area contributed by atoms with Gasteiger partial charge in [-0.05, 0) is 96.8 Å². The van der Waals surface area contributed by atoms with E-state index in [0.29, 0.717) is 54.7 Å². The molecule has 4 aromatic carbocycles. The molecule has 2 amide bonds. The molecule has 6 rings (SSSR count). The molecule has 9 heteroatoms. The van der Waals surface area contributed by atoms with Crippen LogP contribution in [0.15, 0.2) is 91.0 Å². The Kier molecular flexibility index (Phi) is 10.2. The molecule has 0 unspecified atom stereocenters. The van der Waals surface area contributed by atoms with E-state index in [0.717, 1.165) is 54.7 Å². The summed E-state index contributed by atoms with van der Waals surface area (Å²) in [7, 11) is 1.37. The van der Waals surface area contributed by atoms with Gasteiger partial charge in [0, 0.05) is 31.7 Å². The van der Waals surface area contributed by atoms with Gasteiger partial charge in [0.15, 0.2) is 11.5 Å². The lowest BCUT2D eigenvalue weighted by Crippen LogP contribution is -2.35. The van der Waals surface area contributed by atoms with Crippen LogP contribution in [-0.2, 0) is 17.7 Å². The predicted octanol–water partition coefficient (Wildman–Crippen LogP) is 6.71. The number of hydrogen-bond donors (Lipinski definition) is 2. The van der Waals surface area contributed by atoms with Gasteiger partial charge < -0.3 is 29.7 Å². The zero-order chi connectivity index (χ0) is 32.6. The van der Waals surface area contributed by atoms with Crippen molar-refractivity contribution in [1.29, 1.82) is 0 Å². The second-order valence-electron chi connectivity index (χ2n) is 12.1. The number of amides is 2. The number of rotatable bonds is 11. The fourth-order valence-electron chi connectivity index (χ4n) is 6.39. The number of ether oxygens (including phenoxy) is 3. The molecule has 0 atom stereocenters. The van der Waals surface area contributed by atoms with E-state index in [-0.39, 0.29) is 12.7 Å². The SMILES string of the molecule is COC(=O)Nc1cc(-c2cccc(CN(CCCN)C(=O)c3ccc4c(c3)OCO4)c2)ccc1N1CCC(Cc2ccccc2)CC1. The monoisotopic (exact) mass is 634 g/mol. The van der Waals surface area contributed by atoms with Gasteiger partial charge in [-0.2, -0.15) is 0 Å². The van der Waals surface area contributed by atoms with Crippen molar-refractivity contribution >= 4 is 23.4 Å². The summed E-state index contributed by atoms with van der Waals surface area (Å²) >= 11 is 0. The summed E-state index contributed by atoms with van der Waals surface area (Å²) in [5, 5.41) is 2.95. The van der Waals surface area contributed by atoms with Crippen LogP contribution in [0.3, 0.4) is 0 Å². The molecule has 2 heterocycles. The van der Waals surface area contributed by atoms with E-state index in [1.54, 1.807) is 18.2 Å². The molecule has 0 aliphatic carbocycles. The van der Waals surface area contributed by atoms with Crippen molar-refractivity contribution in [2.24, 2.45) is 11.7 Å². The Balaban J connectivity index is 1.19. The van der Waals surface area contributed by atoms with Crippen LogP contribution in [0.2, 0.25) is 0 Å². The lowest BCUT2D eigenvalue weighted by molar-refractivity contribution is 0.0741. The number of hydrogen-bond acceptors (Lipinski definition) is 7. The smallest absolute Gasteiger partial charge is 0.411 e. The van der Waals surface area contributed by atoms with Crippen LogP contribution in [0.1, 0.15) is 40.7 Å². The van der Waals surface area contributed by atoms with E-state index in [9.17, 15) is 9.59 Å². The molecule has 0 spiro atoms. The fraction of sp³-hybridized carbons (Fsp3) is 0.316. The summed E-state index contributed by atoms with van der Waals surface area (Å²) in [6.45, 7) is 3.42. The fourth-order valence-corrected chi connectivity index (χ4v) is 6.39. The summed E-state index contributed by atoms with van der Waals surface area (Å²) in [5.74, 6) is 1.76. The van der Waals surface area contributed by atoms with Crippen molar-refractivity contribution in [3.05, 3.63) is 108 Å².